The number of hydrogen-bond donors (Lipinski definition) is 2. The Bertz CT molecular complexity index is 1060. The fourth-order valence-electron chi connectivity index (χ4n) is 3.94. The smallest absolute Gasteiger partial charge is 0.329 e. The van der Waals surface area contributed by atoms with Gasteiger partial charge in [-0.1, -0.05) is 6.08 Å². The molecule has 1 aromatic heterocycles. The number of ether oxygens (including phenoxy) is 2. The highest BCUT2D eigenvalue weighted by Crippen LogP contribution is 2.43. The van der Waals surface area contributed by atoms with Crippen molar-refractivity contribution < 1.29 is 28.2 Å². The zero-order valence-electron chi connectivity index (χ0n) is 17.3. The summed E-state index contributed by atoms with van der Waals surface area (Å²) in [4.78, 5) is 20.0. The van der Waals surface area contributed by atoms with Gasteiger partial charge in [0.05, 0.1) is 26.5 Å². The maximum absolute atomic E-state index is 15.0. The number of carbonyl (C=O) groups excluding carboxylic acids is 1. The van der Waals surface area contributed by atoms with Crippen molar-refractivity contribution in [1.82, 2.24) is 4.98 Å². The number of aliphatic hydroxyl groups excluding tert-OH is 1. The van der Waals surface area contributed by atoms with Gasteiger partial charge in [-0.15, -0.1) is 0 Å². The van der Waals surface area contributed by atoms with E-state index >= 15 is 8.78 Å². The first-order valence-corrected chi connectivity index (χ1v) is 9.64. The van der Waals surface area contributed by atoms with E-state index in [0.717, 1.165) is 22.2 Å². The molecule has 2 N–H and O–H groups in total. The number of aliphatic hydroxyl groups is 1. The van der Waals surface area contributed by atoms with Gasteiger partial charge in [0.2, 0.25) is 0 Å². The molecule has 3 heterocycles. The molecule has 8 nitrogen and oxygen atoms in total. The summed E-state index contributed by atoms with van der Waals surface area (Å²) in [6.45, 7) is -0.0415. The molecule has 0 atom stereocenters. The van der Waals surface area contributed by atoms with Crippen LogP contribution in [0.25, 0.3) is 0 Å². The number of nitrogens with one attached hydrogen (secondary N) is 1. The van der Waals surface area contributed by atoms with Gasteiger partial charge in [-0.05, 0) is 6.42 Å². The lowest BCUT2D eigenvalue weighted by Gasteiger charge is -2.36. The Morgan fingerprint density at radius 2 is 1.90 bits per heavy atom. The largest absolute Gasteiger partial charge is 0.493 e. The Morgan fingerprint density at radius 3 is 2.52 bits per heavy atom. The molecule has 0 spiro atoms. The molecule has 0 bridgehead atoms. The van der Waals surface area contributed by atoms with E-state index in [4.69, 9.17) is 14.6 Å². The van der Waals surface area contributed by atoms with Crippen molar-refractivity contribution in [3.8, 4) is 11.5 Å². The van der Waals surface area contributed by atoms with Crippen molar-refractivity contribution in [1.29, 1.82) is 0 Å². The number of urea groups is 1. The normalized spacial score (nSPS) is 16.3. The Morgan fingerprint density at radius 1 is 1.23 bits per heavy atom. The Labute approximate surface area is 177 Å². The van der Waals surface area contributed by atoms with Gasteiger partial charge in [0.15, 0.2) is 23.1 Å². The Kier molecular flexibility index (Phi) is 5.40. The lowest BCUT2D eigenvalue weighted by molar-refractivity contribution is 0.250. The quantitative estimate of drug-likeness (QED) is 0.755. The number of carbonyl (C=O) groups is 1. The van der Waals surface area contributed by atoms with E-state index in [1.807, 2.05) is 6.08 Å². The number of allylic oxidation sites excluding steroid dienone is 1. The molecule has 2 aliphatic rings. The van der Waals surface area contributed by atoms with Gasteiger partial charge in [0.1, 0.15) is 11.5 Å². The van der Waals surface area contributed by atoms with Crippen molar-refractivity contribution in [2.24, 2.45) is 0 Å². The third-order valence-corrected chi connectivity index (χ3v) is 5.39. The van der Waals surface area contributed by atoms with Crippen LogP contribution < -0.4 is 24.6 Å². The molecule has 0 radical (unpaired) electrons. The monoisotopic (exact) mass is 432 g/mol. The first-order chi connectivity index (χ1) is 14.9. The zero-order valence-corrected chi connectivity index (χ0v) is 17.3. The first kappa shape index (κ1) is 20.9. The summed E-state index contributed by atoms with van der Waals surface area (Å²) >= 11 is 0. The van der Waals surface area contributed by atoms with Crippen LogP contribution in [0.4, 0.5) is 30.8 Å². The van der Waals surface area contributed by atoms with Crippen LogP contribution in [0.5, 0.6) is 11.5 Å². The average Bonchev–Trinajstić information content (AvgIpc) is 3.18. The fraction of sp³-hybridized carbons (Fsp3) is 0.333. The molecule has 2 aromatic rings. The van der Waals surface area contributed by atoms with Crippen molar-refractivity contribution in [3.63, 3.8) is 0 Å². The molecule has 0 unspecified atom stereocenters. The topological polar surface area (TPSA) is 87.2 Å². The number of hydrogen-bond acceptors (Lipinski definition) is 6. The number of pyridine rings is 1. The third-order valence-electron chi connectivity index (χ3n) is 5.39. The van der Waals surface area contributed by atoms with E-state index in [2.05, 4.69) is 10.3 Å². The number of aromatic nitrogens is 1. The number of fused-ring (bicyclic) bond motifs is 3. The molecule has 164 valence electrons. The van der Waals surface area contributed by atoms with E-state index < -0.39 is 23.4 Å². The summed E-state index contributed by atoms with van der Waals surface area (Å²) in [7, 11) is 4.05. The molecule has 0 saturated heterocycles. The minimum atomic E-state index is -0.990. The number of amides is 2. The van der Waals surface area contributed by atoms with E-state index in [9.17, 15) is 4.79 Å². The molecule has 0 aliphatic carbocycles. The molecule has 2 aliphatic heterocycles. The summed E-state index contributed by atoms with van der Waals surface area (Å²) in [6, 6.07) is 0.502. The van der Waals surface area contributed by atoms with Gasteiger partial charge < -0.3 is 19.9 Å². The molecule has 0 saturated carbocycles. The maximum atomic E-state index is 15.0. The maximum Gasteiger partial charge on any atom is 0.329 e. The Hall–Kier alpha value is -3.40. The van der Waals surface area contributed by atoms with Gasteiger partial charge in [0, 0.05) is 49.2 Å². The van der Waals surface area contributed by atoms with Crippen molar-refractivity contribution in [2.45, 2.75) is 19.4 Å². The predicted octanol–water partition coefficient (Wildman–Crippen LogP) is 3.19. The second kappa shape index (κ2) is 8.03. The van der Waals surface area contributed by atoms with Crippen LogP contribution in [-0.2, 0) is 13.0 Å². The molecule has 4 rings (SSSR count). The van der Waals surface area contributed by atoms with E-state index in [-0.39, 0.29) is 24.7 Å². The highest BCUT2D eigenvalue weighted by molar-refractivity contribution is 6.07. The fourth-order valence-corrected chi connectivity index (χ4v) is 3.94. The first-order valence-electron chi connectivity index (χ1n) is 9.64. The molecular formula is C21H22F2N4O4. The van der Waals surface area contributed by atoms with Crippen molar-refractivity contribution in [2.75, 3.05) is 43.0 Å². The van der Waals surface area contributed by atoms with Crippen LogP contribution in [0, 0.1) is 11.6 Å². The average molecular weight is 432 g/mol. The second-order valence-electron chi connectivity index (χ2n) is 7.19. The summed E-state index contributed by atoms with van der Waals surface area (Å²) in [5.41, 5.74) is 2.46. The minimum absolute atomic E-state index is 0.0293. The minimum Gasteiger partial charge on any atom is -0.493 e. The van der Waals surface area contributed by atoms with Gasteiger partial charge in [-0.2, -0.15) is 0 Å². The van der Waals surface area contributed by atoms with E-state index in [1.54, 1.807) is 13.2 Å². The van der Waals surface area contributed by atoms with Crippen LogP contribution in [0.1, 0.15) is 17.5 Å². The van der Waals surface area contributed by atoms with Gasteiger partial charge in [0.25, 0.3) is 0 Å². The van der Waals surface area contributed by atoms with Gasteiger partial charge in [-0.25, -0.2) is 18.6 Å². The van der Waals surface area contributed by atoms with Crippen LogP contribution >= 0.6 is 0 Å². The van der Waals surface area contributed by atoms with E-state index in [0.29, 0.717) is 29.9 Å². The van der Waals surface area contributed by atoms with Crippen LogP contribution in [-0.4, -0.2) is 44.0 Å². The standard InChI is InChI=1S/C21H22F2N4O4/c1-26-18-11(9-24-20-13(18)7-12(25-20)5-4-6-28)10-27(21(26)29)19-16(22)14(30-2)8-15(31-3)17(19)23/h5,8-9,28H,4,6-7,10H2,1-3H3,(H,24,25). The lowest BCUT2D eigenvalue weighted by Crippen LogP contribution is -2.46. The molecule has 0 fully saturated rings. The number of halogens is 2. The highest BCUT2D eigenvalue weighted by Gasteiger charge is 2.37. The number of benzene rings is 1. The SMILES string of the molecule is COc1cc(OC)c(F)c(N2Cc3cnc4c(c3N(C)C2=O)CC(=CCCO)N4)c1F. The number of nitrogens with zero attached hydrogens (tertiary/aromatic N) is 3. The zero-order chi connectivity index (χ0) is 22.3. The predicted molar refractivity (Wildman–Crippen MR) is 111 cm³/mol. The molecule has 10 heteroatoms. The summed E-state index contributed by atoms with van der Waals surface area (Å²) < 4.78 is 40.0. The highest BCUT2D eigenvalue weighted by atomic mass is 19.1. The van der Waals surface area contributed by atoms with Crippen molar-refractivity contribution >= 4 is 23.2 Å². The molecule has 31 heavy (non-hydrogen) atoms. The summed E-state index contributed by atoms with van der Waals surface area (Å²) in [5.74, 6) is -1.82. The van der Waals surface area contributed by atoms with Crippen LogP contribution in [0.2, 0.25) is 0 Å². The third kappa shape index (κ3) is 3.32. The molecule has 2 amide bonds. The molecular weight excluding hydrogens is 410 g/mol. The lowest BCUT2D eigenvalue weighted by atomic mass is 10.0. The van der Waals surface area contributed by atoms with Crippen LogP contribution in [0.15, 0.2) is 24.0 Å². The summed E-state index contributed by atoms with van der Waals surface area (Å²) in [6.07, 6.45) is 4.47. The second-order valence-corrected chi connectivity index (χ2v) is 7.19. The summed E-state index contributed by atoms with van der Waals surface area (Å²) in [5, 5.41) is 12.2. The molecule has 1 aromatic carbocycles. The van der Waals surface area contributed by atoms with Gasteiger partial charge >= 0.3 is 6.03 Å². The van der Waals surface area contributed by atoms with Crippen molar-refractivity contribution in [3.05, 3.63) is 46.8 Å². The number of rotatable bonds is 5. The number of methoxy groups -OCH3 is 2. The van der Waals surface area contributed by atoms with Crippen LogP contribution in [0.3, 0.4) is 0 Å². The van der Waals surface area contributed by atoms with E-state index in [1.165, 1.54) is 19.1 Å². The van der Waals surface area contributed by atoms with Gasteiger partial charge in [-0.3, -0.25) is 9.80 Å². The number of anilines is 3. The Balaban J connectivity index is 1.78.